The van der Waals surface area contributed by atoms with Gasteiger partial charge in [-0.05, 0) is 30.7 Å². The van der Waals surface area contributed by atoms with Gasteiger partial charge in [-0.3, -0.25) is 4.79 Å². The Hall–Kier alpha value is -0.900. The van der Waals surface area contributed by atoms with Crippen LogP contribution in [0.1, 0.15) is 31.2 Å². The summed E-state index contributed by atoms with van der Waals surface area (Å²) >= 11 is 5.91. The first-order chi connectivity index (χ1) is 9.10. The van der Waals surface area contributed by atoms with E-state index in [1.54, 1.807) is 0 Å². The summed E-state index contributed by atoms with van der Waals surface area (Å²) < 4.78 is 0. The monoisotopic (exact) mass is 280 g/mol. The fourth-order valence-electron chi connectivity index (χ4n) is 2.62. The van der Waals surface area contributed by atoms with E-state index >= 15 is 0 Å². The second-order valence-corrected chi connectivity index (χ2v) is 5.67. The highest BCUT2D eigenvalue weighted by Crippen LogP contribution is 2.23. The van der Waals surface area contributed by atoms with Gasteiger partial charge >= 0.3 is 0 Å². The van der Waals surface area contributed by atoms with Crippen LogP contribution in [0.4, 0.5) is 0 Å². The molecule has 0 bridgehead atoms. The number of hydrogen-bond acceptors (Lipinski definition) is 3. The number of rotatable bonds is 5. The highest BCUT2D eigenvalue weighted by molar-refractivity contribution is 6.30. The first-order valence-electron chi connectivity index (χ1n) is 6.86. The zero-order chi connectivity index (χ0) is 13.8. The number of carbonyl (C=O) groups is 1. The lowest BCUT2D eigenvalue weighted by atomic mass is 9.93. The van der Waals surface area contributed by atoms with E-state index in [4.69, 9.17) is 17.3 Å². The molecule has 1 saturated heterocycles. The van der Waals surface area contributed by atoms with Gasteiger partial charge in [0.1, 0.15) is 5.78 Å². The fraction of sp³-hybridized carbons (Fsp3) is 0.533. The smallest absolute Gasteiger partial charge is 0.141 e. The molecule has 3 nitrogen and oxygen atoms in total. The topological polar surface area (TPSA) is 46.3 Å². The number of likely N-dealkylation sites (tertiary alicyclic amines) is 1. The van der Waals surface area contributed by atoms with Crippen LogP contribution in [0.3, 0.4) is 0 Å². The lowest BCUT2D eigenvalue weighted by Gasteiger charge is -2.23. The Morgan fingerprint density at radius 2 is 2.16 bits per heavy atom. The van der Waals surface area contributed by atoms with Crippen LogP contribution >= 0.6 is 11.6 Å². The third kappa shape index (κ3) is 3.78. The summed E-state index contributed by atoms with van der Waals surface area (Å²) in [6, 6.07) is 7.86. The molecule has 0 radical (unpaired) electrons. The van der Waals surface area contributed by atoms with Crippen LogP contribution < -0.4 is 5.73 Å². The van der Waals surface area contributed by atoms with Gasteiger partial charge in [0.15, 0.2) is 0 Å². The second-order valence-electron chi connectivity index (χ2n) is 5.23. The number of hydrogen-bond donors (Lipinski definition) is 1. The predicted molar refractivity (Wildman–Crippen MR) is 78.5 cm³/mol. The molecule has 2 atom stereocenters. The summed E-state index contributed by atoms with van der Waals surface area (Å²) in [4.78, 5) is 14.5. The Morgan fingerprint density at radius 3 is 2.68 bits per heavy atom. The number of benzene rings is 1. The van der Waals surface area contributed by atoms with Crippen molar-refractivity contribution < 1.29 is 4.79 Å². The predicted octanol–water partition coefficient (Wildman–Crippen LogP) is 2.44. The van der Waals surface area contributed by atoms with Gasteiger partial charge < -0.3 is 10.6 Å². The van der Waals surface area contributed by atoms with Crippen LogP contribution in [0, 0.1) is 0 Å². The van der Waals surface area contributed by atoms with E-state index < -0.39 is 0 Å². The van der Waals surface area contributed by atoms with Gasteiger partial charge in [-0.25, -0.2) is 0 Å². The normalized spacial score (nSPS) is 21.5. The van der Waals surface area contributed by atoms with Crippen molar-refractivity contribution in [2.24, 2.45) is 5.73 Å². The summed E-state index contributed by atoms with van der Waals surface area (Å²) in [7, 11) is 0. The molecule has 104 valence electrons. The molecule has 4 heteroatoms. The summed E-state index contributed by atoms with van der Waals surface area (Å²) in [5.74, 6) is 0.218. The number of ketones is 1. The molecule has 0 amide bonds. The van der Waals surface area contributed by atoms with Gasteiger partial charge in [-0.1, -0.05) is 30.7 Å². The van der Waals surface area contributed by atoms with Gasteiger partial charge in [0.2, 0.25) is 0 Å². The molecule has 1 heterocycles. The number of Topliss-reactive ketones (excluding diaryl/α,β-unsaturated/α-hetero) is 1. The lowest BCUT2D eigenvalue weighted by molar-refractivity contribution is -0.120. The van der Waals surface area contributed by atoms with Crippen molar-refractivity contribution in [3.05, 3.63) is 34.9 Å². The molecule has 0 aromatic heterocycles. The molecule has 1 aromatic carbocycles. The summed E-state index contributed by atoms with van der Waals surface area (Å²) in [5.41, 5.74) is 6.98. The van der Waals surface area contributed by atoms with Crippen LogP contribution in [0.5, 0.6) is 0 Å². The minimum atomic E-state index is -0.0624. The SMILES string of the molecule is CCC(=O)[C@H](CN1CC[C@@H](N)C1)c1ccc(Cl)cc1. The van der Waals surface area contributed by atoms with Gasteiger partial charge in [-0.2, -0.15) is 0 Å². The molecule has 2 rings (SSSR count). The number of carbonyl (C=O) groups excluding carboxylic acids is 1. The maximum atomic E-state index is 12.2. The third-order valence-electron chi connectivity index (χ3n) is 3.76. The van der Waals surface area contributed by atoms with Crippen molar-refractivity contribution in [3.63, 3.8) is 0 Å². The molecule has 1 aromatic rings. The van der Waals surface area contributed by atoms with Crippen LogP contribution in [-0.2, 0) is 4.79 Å². The van der Waals surface area contributed by atoms with Crippen molar-refractivity contribution in [1.82, 2.24) is 4.90 Å². The van der Waals surface area contributed by atoms with E-state index in [1.165, 1.54) is 0 Å². The molecule has 1 aliphatic rings. The van der Waals surface area contributed by atoms with Crippen molar-refractivity contribution in [3.8, 4) is 0 Å². The van der Waals surface area contributed by atoms with Gasteiger partial charge in [-0.15, -0.1) is 0 Å². The molecule has 19 heavy (non-hydrogen) atoms. The van der Waals surface area contributed by atoms with Crippen LogP contribution in [0.25, 0.3) is 0 Å². The van der Waals surface area contributed by atoms with E-state index in [9.17, 15) is 4.79 Å². The Morgan fingerprint density at radius 1 is 1.47 bits per heavy atom. The van der Waals surface area contributed by atoms with Gasteiger partial charge in [0.05, 0.1) is 5.92 Å². The quantitative estimate of drug-likeness (QED) is 0.901. The molecule has 0 aliphatic carbocycles. The molecule has 0 unspecified atom stereocenters. The number of halogens is 1. The van der Waals surface area contributed by atoms with E-state index in [1.807, 2.05) is 31.2 Å². The molecular formula is C15H21ClN2O. The fourth-order valence-corrected chi connectivity index (χ4v) is 2.75. The minimum absolute atomic E-state index is 0.0624. The van der Waals surface area contributed by atoms with Crippen LogP contribution in [0.15, 0.2) is 24.3 Å². The van der Waals surface area contributed by atoms with Gasteiger partial charge in [0, 0.05) is 30.6 Å². The molecule has 1 fully saturated rings. The molecule has 0 spiro atoms. The molecule has 0 saturated carbocycles. The van der Waals surface area contributed by atoms with E-state index in [0.717, 1.165) is 31.6 Å². The Kier molecular flexibility index (Phi) is 4.97. The van der Waals surface area contributed by atoms with Crippen molar-refractivity contribution in [2.45, 2.75) is 31.7 Å². The molecular weight excluding hydrogens is 260 g/mol. The first-order valence-corrected chi connectivity index (χ1v) is 7.24. The third-order valence-corrected chi connectivity index (χ3v) is 4.01. The van der Waals surface area contributed by atoms with Crippen LogP contribution in [-0.4, -0.2) is 36.4 Å². The first kappa shape index (κ1) is 14.5. The second kappa shape index (κ2) is 6.51. The lowest BCUT2D eigenvalue weighted by Crippen LogP contribution is -2.32. The number of nitrogens with two attached hydrogens (primary N) is 1. The van der Waals surface area contributed by atoms with Crippen molar-refractivity contribution in [2.75, 3.05) is 19.6 Å². The Labute approximate surface area is 119 Å². The van der Waals surface area contributed by atoms with Crippen molar-refractivity contribution >= 4 is 17.4 Å². The highest BCUT2D eigenvalue weighted by atomic mass is 35.5. The maximum absolute atomic E-state index is 12.2. The molecule has 2 N–H and O–H groups in total. The standard InChI is InChI=1S/C15H21ClN2O/c1-2-15(19)14(10-18-8-7-13(17)9-18)11-3-5-12(16)6-4-11/h3-6,13-14H,2,7-10,17H2,1H3/t13-,14-/m1/s1. The van der Waals surface area contributed by atoms with Crippen LogP contribution in [0.2, 0.25) is 5.02 Å². The average molecular weight is 281 g/mol. The maximum Gasteiger partial charge on any atom is 0.141 e. The summed E-state index contributed by atoms with van der Waals surface area (Å²) in [6.07, 6.45) is 1.58. The van der Waals surface area contributed by atoms with E-state index in [2.05, 4.69) is 4.90 Å². The van der Waals surface area contributed by atoms with E-state index in [0.29, 0.717) is 11.4 Å². The Balaban J connectivity index is 2.11. The summed E-state index contributed by atoms with van der Waals surface area (Å²) in [5, 5.41) is 0.703. The van der Waals surface area contributed by atoms with E-state index in [-0.39, 0.29) is 17.7 Å². The van der Waals surface area contributed by atoms with Gasteiger partial charge in [0.25, 0.3) is 0 Å². The number of nitrogens with zero attached hydrogens (tertiary/aromatic N) is 1. The average Bonchev–Trinajstić information content (AvgIpc) is 2.82. The summed E-state index contributed by atoms with van der Waals surface area (Å²) in [6.45, 7) is 4.56. The largest absolute Gasteiger partial charge is 0.326 e. The minimum Gasteiger partial charge on any atom is -0.326 e. The zero-order valence-corrected chi connectivity index (χ0v) is 12.1. The molecule has 1 aliphatic heterocycles. The zero-order valence-electron chi connectivity index (χ0n) is 11.3. The van der Waals surface area contributed by atoms with Crippen molar-refractivity contribution in [1.29, 1.82) is 0 Å². The highest BCUT2D eigenvalue weighted by Gasteiger charge is 2.26. The Bertz CT molecular complexity index is 432.